The zero-order valence-electron chi connectivity index (χ0n) is 15.4. The molecule has 2 aliphatic rings. The number of aliphatic imine (C=N–C) groups is 1. The average molecular weight is 345 g/mol. The first-order chi connectivity index (χ1) is 12.3. The lowest BCUT2D eigenvalue weighted by Gasteiger charge is -2.32. The zero-order chi connectivity index (χ0) is 17.5. The molecule has 138 valence electrons. The highest BCUT2D eigenvalue weighted by Crippen LogP contribution is 2.27. The van der Waals surface area contributed by atoms with Gasteiger partial charge in [0.15, 0.2) is 5.96 Å². The van der Waals surface area contributed by atoms with Crippen molar-refractivity contribution in [3.05, 3.63) is 29.8 Å². The summed E-state index contributed by atoms with van der Waals surface area (Å²) in [4.78, 5) is 7.12. The number of hydrogen-bond donors (Lipinski definition) is 3. The maximum Gasteiger partial charge on any atom is 0.191 e. The lowest BCUT2D eigenvalue weighted by molar-refractivity contribution is 0.203. The number of nitrogens with one attached hydrogen (secondary N) is 2. The lowest BCUT2D eigenvalue weighted by Crippen LogP contribution is -2.38. The van der Waals surface area contributed by atoms with Crippen LogP contribution in [0.4, 0.5) is 5.69 Å². The van der Waals surface area contributed by atoms with Gasteiger partial charge in [-0.2, -0.15) is 0 Å². The highest BCUT2D eigenvalue weighted by Gasteiger charge is 2.21. The van der Waals surface area contributed by atoms with Gasteiger partial charge in [0.2, 0.25) is 0 Å². The van der Waals surface area contributed by atoms with Crippen LogP contribution >= 0.6 is 0 Å². The van der Waals surface area contributed by atoms with Gasteiger partial charge in [-0.25, -0.2) is 4.99 Å². The third kappa shape index (κ3) is 5.63. The van der Waals surface area contributed by atoms with Crippen LogP contribution < -0.4 is 15.5 Å². The van der Waals surface area contributed by atoms with E-state index in [0.29, 0.717) is 19.1 Å². The standard InChI is InChI=1S/C20H32N4O/c1-2-21-20(22-13-16-3-4-16)23-14-17-5-7-19(8-6-17)24-11-9-18(15-25)10-12-24/h5-8,16,18,25H,2-4,9-15H2,1H3,(H2,21,22,23). The lowest BCUT2D eigenvalue weighted by atomic mass is 9.97. The van der Waals surface area contributed by atoms with Gasteiger partial charge >= 0.3 is 0 Å². The normalized spacial score (nSPS) is 19.1. The quantitative estimate of drug-likeness (QED) is 0.525. The Morgan fingerprint density at radius 3 is 2.40 bits per heavy atom. The summed E-state index contributed by atoms with van der Waals surface area (Å²) in [7, 11) is 0. The molecule has 1 aliphatic heterocycles. The second-order valence-electron chi connectivity index (χ2n) is 7.30. The number of aliphatic hydroxyl groups is 1. The monoisotopic (exact) mass is 344 g/mol. The summed E-state index contributed by atoms with van der Waals surface area (Å²) in [6.45, 7) is 7.13. The maximum atomic E-state index is 9.26. The Labute approximate surface area is 151 Å². The van der Waals surface area contributed by atoms with Gasteiger partial charge in [-0.3, -0.25) is 0 Å². The third-order valence-electron chi connectivity index (χ3n) is 5.19. The molecule has 0 radical (unpaired) electrons. The summed E-state index contributed by atoms with van der Waals surface area (Å²) < 4.78 is 0. The van der Waals surface area contributed by atoms with Gasteiger partial charge in [-0.05, 0) is 62.1 Å². The van der Waals surface area contributed by atoms with Gasteiger partial charge in [-0.15, -0.1) is 0 Å². The Balaban J connectivity index is 1.51. The van der Waals surface area contributed by atoms with E-state index < -0.39 is 0 Å². The van der Waals surface area contributed by atoms with E-state index in [1.807, 2.05) is 0 Å². The van der Waals surface area contributed by atoms with E-state index in [2.05, 4.69) is 46.7 Å². The molecule has 0 unspecified atom stereocenters. The topological polar surface area (TPSA) is 59.9 Å². The van der Waals surface area contributed by atoms with Crippen LogP contribution in [0.5, 0.6) is 0 Å². The molecule has 5 heteroatoms. The first kappa shape index (κ1) is 18.1. The van der Waals surface area contributed by atoms with Crippen LogP contribution in [0.3, 0.4) is 0 Å². The van der Waals surface area contributed by atoms with Crippen molar-refractivity contribution in [3.63, 3.8) is 0 Å². The molecule has 1 aliphatic carbocycles. The number of guanidine groups is 1. The minimum atomic E-state index is 0.327. The second kappa shape index (κ2) is 9.09. The van der Waals surface area contributed by atoms with Crippen LogP contribution in [0.2, 0.25) is 0 Å². The first-order valence-corrected chi connectivity index (χ1v) is 9.75. The fourth-order valence-electron chi connectivity index (χ4n) is 3.26. The largest absolute Gasteiger partial charge is 0.396 e. The Morgan fingerprint density at radius 2 is 1.80 bits per heavy atom. The summed E-state index contributed by atoms with van der Waals surface area (Å²) in [5.74, 6) is 2.25. The highest BCUT2D eigenvalue weighted by molar-refractivity contribution is 5.79. The SMILES string of the molecule is CCNC(=NCc1ccc(N2CCC(CO)CC2)cc1)NCC1CC1. The summed E-state index contributed by atoms with van der Waals surface area (Å²) in [5.41, 5.74) is 2.51. The Morgan fingerprint density at radius 1 is 1.08 bits per heavy atom. The van der Waals surface area contributed by atoms with E-state index in [9.17, 15) is 5.11 Å². The molecular formula is C20H32N4O. The van der Waals surface area contributed by atoms with Crippen molar-refractivity contribution in [1.29, 1.82) is 0 Å². The molecule has 1 saturated carbocycles. The molecule has 1 aromatic rings. The van der Waals surface area contributed by atoms with Crippen LogP contribution in [0.25, 0.3) is 0 Å². The van der Waals surface area contributed by atoms with E-state index in [-0.39, 0.29) is 0 Å². The van der Waals surface area contributed by atoms with E-state index in [1.54, 1.807) is 0 Å². The Kier molecular flexibility index (Phi) is 6.56. The molecule has 1 saturated heterocycles. The van der Waals surface area contributed by atoms with Crippen molar-refractivity contribution in [1.82, 2.24) is 10.6 Å². The van der Waals surface area contributed by atoms with Crippen molar-refractivity contribution in [3.8, 4) is 0 Å². The summed E-state index contributed by atoms with van der Waals surface area (Å²) in [6.07, 6.45) is 4.87. The molecule has 0 amide bonds. The molecule has 5 nitrogen and oxygen atoms in total. The van der Waals surface area contributed by atoms with Gasteiger partial charge in [-0.1, -0.05) is 12.1 Å². The highest BCUT2D eigenvalue weighted by atomic mass is 16.3. The van der Waals surface area contributed by atoms with Crippen LogP contribution in [0.15, 0.2) is 29.3 Å². The van der Waals surface area contributed by atoms with E-state index in [4.69, 9.17) is 4.99 Å². The molecule has 0 atom stereocenters. The maximum absolute atomic E-state index is 9.26. The average Bonchev–Trinajstić information content (AvgIpc) is 3.49. The number of rotatable bonds is 7. The fourth-order valence-corrected chi connectivity index (χ4v) is 3.26. The number of piperidine rings is 1. The zero-order valence-corrected chi connectivity index (χ0v) is 15.4. The van der Waals surface area contributed by atoms with Gasteiger partial charge in [0, 0.05) is 38.5 Å². The van der Waals surface area contributed by atoms with Crippen LogP contribution in [-0.2, 0) is 6.54 Å². The molecule has 25 heavy (non-hydrogen) atoms. The molecule has 3 N–H and O–H groups in total. The van der Waals surface area contributed by atoms with Crippen LogP contribution in [-0.4, -0.2) is 43.9 Å². The summed E-state index contributed by atoms with van der Waals surface area (Å²) in [5, 5.41) is 16.0. The van der Waals surface area contributed by atoms with Gasteiger partial charge in [0.1, 0.15) is 0 Å². The Hall–Kier alpha value is -1.75. The van der Waals surface area contributed by atoms with Gasteiger partial charge in [0.25, 0.3) is 0 Å². The number of nitrogens with zero attached hydrogens (tertiary/aromatic N) is 2. The van der Waals surface area contributed by atoms with Crippen molar-refractivity contribution >= 4 is 11.6 Å². The van der Waals surface area contributed by atoms with Gasteiger partial charge < -0.3 is 20.6 Å². The Bertz CT molecular complexity index is 545. The van der Waals surface area contributed by atoms with Crippen molar-refractivity contribution in [2.75, 3.05) is 37.7 Å². The third-order valence-corrected chi connectivity index (χ3v) is 5.19. The first-order valence-electron chi connectivity index (χ1n) is 9.75. The van der Waals surface area contributed by atoms with Gasteiger partial charge in [0.05, 0.1) is 6.54 Å². The molecule has 0 spiro atoms. The van der Waals surface area contributed by atoms with Crippen LogP contribution in [0, 0.1) is 11.8 Å². The molecular weight excluding hydrogens is 312 g/mol. The van der Waals surface area contributed by atoms with Crippen molar-refractivity contribution in [2.45, 2.75) is 39.2 Å². The van der Waals surface area contributed by atoms with Crippen molar-refractivity contribution in [2.24, 2.45) is 16.8 Å². The summed E-state index contributed by atoms with van der Waals surface area (Å²) >= 11 is 0. The number of aliphatic hydroxyl groups excluding tert-OH is 1. The van der Waals surface area contributed by atoms with E-state index in [0.717, 1.165) is 50.9 Å². The predicted molar refractivity (Wildman–Crippen MR) is 104 cm³/mol. The molecule has 3 rings (SSSR count). The van der Waals surface area contributed by atoms with Crippen LogP contribution in [0.1, 0.15) is 38.2 Å². The number of benzene rings is 1. The number of anilines is 1. The molecule has 0 aromatic heterocycles. The van der Waals surface area contributed by atoms with E-state index >= 15 is 0 Å². The minimum Gasteiger partial charge on any atom is -0.396 e. The second-order valence-corrected chi connectivity index (χ2v) is 7.30. The predicted octanol–water partition coefficient (Wildman–Crippen LogP) is 2.36. The summed E-state index contributed by atoms with van der Waals surface area (Å²) in [6, 6.07) is 8.77. The fraction of sp³-hybridized carbons (Fsp3) is 0.650. The molecule has 1 heterocycles. The minimum absolute atomic E-state index is 0.327. The molecule has 1 aromatic carbocycles. The van der Waals surface area contributed by atoms with Crippen molar-refractivity contribution < 1.29 is 5.11 Å². The van der Waals surface area contributed by atoms with E-state index in [1.165, 1.54) is 24.1 Å². The molecule has 2 fully saturated rings. The molecule has 0 bridgehead atoms. The number of hydrogen-bond acceptors (Lipinski definition) is 3. The smallest absolute Gasteiger partial charge is 0.191 e.